The summed E-state index contributed by atoms with van der Waals surface area (Å²) >= 11 is 0. The van der Waals surface area contributed by atoms with E-state index in [1.807, 2.05) is 7.05 Å². The summed E-state index contributed by atoms with van der Waals surface area (Å²) in [4.78, 5) is 11.6. The number of nitrogens with one attached hydrogen (secondary N) is 1. The fraction of sp³-hybridized carbons (Fsp3) is 0.714. The molecule has 0 aromatic carbocycles. The number of rotatable bonds is 5. The van der Waals surface area contributed by atoms with Crippen molar-refractivity contribution in [1.82, 2.24) is 9.97 Å². The second-order valence-corrected chi connectivity index (χ2v) is 5.67. The van der Waals surface area contributed by atoms with Crippen LogP contribution in [0.25, 0.3) is 0 Å². The van der Waals surface area contributed by atoms with Crippen LogP contribution >= 0.6 is 0 Å². The first-order valence-electron chi connectivity index (χ1n) is 7.04. The van der Waals surface area contributed by atoms with Gasteiger partial charge in [0.05, 0.1) is 0 Å². The van der Waals surface area contributed by atoms with Gasteiger partial charge in [0.1, 0.15) is 17.5 Å². The fourth-order valence-electron chi connectivity index (χ4n) is 2.46. The lowest BCUT2D eigenvalue weighted by Gasteiger charge is -2.30. The summed E-state index contributed by atoms with van der Waals surface area (Å²) in [5.74, 6) is 4.52. The predicted octanol–water partition coefficient (Wildman–Crippen LogP) is 2.63. The van der Waals surface area contributed by atoms with Gasteiger partial charge in [-0.05, 0) is 31.6 Å². The molecule has 3 rings (SSSR count). The molecule has 0 spiro atoms. The molecule has 1 aromatic heterocycles. The van der Waals surface area contributed by atoms with E-state index in [2.05, 4.69) is 28.3 Å². The van der Waals surface area contributed by atoms with Crippen LogP contribution in [0, 0.1) is 5.92 Å². The van der Waals surface area contributed by atoms with Crippen molar-refractivity contribution in [2.75, 3.05) is 30.9 Å². The zero-order chi connectivity index (χ0) is 12.5. The molecule has 4 nitrogen and oxygen atoms in total. The lowest BCUT2D eigenvalue weighted by Crippen LogP contribution is -2.30. The molecule has 2 fully saturated rings. The number of aromatic nitrogens is 2. The van der Waals surface area contributed by atoms with Gasteiger partial charge in [0.25, 0.3) is 0 Å². The Labute approximate surface area is 109 Å². The first-order chi connectivity index (χ1) is 8.76. The van der Waals surface area contributed by atoms with E-state index < -0.39 is 0 Å². The Morgan fingerprint density at radius 2 is 2.06 bits per heavy atom. The van der Waals surface area contributed by atoms with E-state index >= 15 is 0 Å². The third-order valence-corrected chi connectivity index (χ3v) is 4.08. The summed E-state index contributed by atoms with van der Waals surface area (Å²) < 4.78 is 0. The second kappa shape index (κ2) is 4.75. The number of nitrogens with zero attached hydrogens (tertiary/aromatic N) is 3. The minimum absolute atomic E-state index is 0.606. The fourth-order valence-corrected chi connectivity index (χ4v) is 2.46. The van der Waals surface area contributed by atoms with Gasteiger partial charge in [-0.1, -0.05) is 6.42 Å². The van der Waals surface area contributed by atoms with Crippen molar-refractivity contribution in [2.45, 2.75) is 38.0 Å². The lowest BCUT2D eigenvalue weighted by atomic mass is 9.85. The summed E-state index contributed by atoms with van der Waals surface area (Å²) in [6, 6.07) is 2.06. The minimum Gasteiger partial charge on any atom is -0.373 e. The topological polar surface area (TPSA) is 41.0 Å². The van der Waals surface area contributed by atoms with Gasteiger partial charge in [-0.3, -0.25) is 0 Å². The highest BCUT2D eigenvalue weighted by atomic mass is 15.2. The van der Waals surface area contributed by atoms with Crippen LogP contribution in [0.5, 0.6) is 0 Å². The Morgan fingerprint density at radius 3 is 2.61 bits per heavy atom. The molecule has 0 aliphatic heterocycles. The maximum Gasteiger partial charge on any atom is 0.136 e. The van der Waals surface area contributed by atoms with Crippen LogP contribution in [0.15, 0.2) is 6.07 Å². The molecule has 1 heterocycles. The van der Waals surface area contributed by atoms with Crippen LogP contribution in [0.3, 0.4) is 0 Å². The van der Waals surface area contributed by atoms with Crippen LogP contribution in [-0.2, 0) is 0 Å². The smallest absolute Gasteiger partial charge is 0.136 e. The minimum atomic E-state index is 0.606. The van der Waals surface area contributed by atoms with E-state index in [0.29, 0.717) is 5.92 Å². The van der Waals surface area contributed by atoms with Gasteiger partial charge in [-0.25, -0.2) is 9.97 Å². The van der Waals surface area contributed by atoms with Crippen molar-refractivity contribution >= 4 is 11.6 Å². The number of hydrogen-bond acceptors (Lipinski definition) is 4. The highest BCUT2D eigenvalue weighted by Crippen LogP contribution is 2.39. The van der Waals surface area contributed by atoms with Crippen LogP contribution < -0.4 is 10.2 Å². The predicted molar refractivity (Wildman–Crippen MR) is 74.2 cm³/mol. The van der Waals surface area contributed by atoms with Gasteiger partial charge < -0.3 is 10.2 Å². The average molecular weight is 246 g/mol. The molecular weight excluding hydrogens is 224 g/mol. The molecule has 0 bridgehead atoms. The van der Waals surface area contributed by atoms with E-state index in [-0.39, 0.29) is 0 Å². The van der Waals surface area contributed by atoms with Crippen LogP contribution in [-0.4, -0.2) is 30.6 Å². The SMILES string of the molecule is CNc1cc(N(C)CC2CCC2)nc(C2CC2)n1. The van der Waals surface area contributed by atoms with E-state index in [1.54, 1.807) is 0 Å². The zero-order valence-corrected chi connectivity index (χ0v) is 11.3. The van der Waals surface area contributed by atoms with Crippen molar-refractivity contribution in [3.05, 3.63) is 11.9 Å². The largest absolute Gasteiger partial charge is 0.373 e. The average Bonchev–Trinajstić information content (AvgIpc) is 3.17. The van der Waals surface area contributed by atoms with Crippen molar-refractivity contribution < 1.29 is 0 Å². The standard InChI is InChI=1S/C14H22N4/c1-15-12-8-13(17-14(16-12)11-6-7-11)18(2)9-10-4-3-5-10/h8,10-11H,3-7,9H2,1-2H3,(H,15,16,17). The van der Waals surface area contributed by atoms with E-state index in [0.717, 1.165) is 29.9 Å². The van der Waals surface area contributed by atoms with Gasteiger partial charge >= 0.3 is 0 Å². The molecule has 0 saturated heterocycles. The van der Waals surface area contributed by atoms with Gasteiger partial charge in [0.2, 0.25) is 0 Å². The molecule has 1 N–H and O–H groups in total. The monoisotopic (exact) mass is 246 g/mol. The highest BCUT2D eigenvalue weighted by molar-refractivity contribution is 5.49. The van der Waals surface area contributed by atoms with Crippen molar-refractivity contribution in [2.24, 2.45) is 5.92 Å². The molecule has 2 aliphatic carbocycles. The third kappa shape index (κ3) is 2.42. The first kappa shape index (κ1) is 11.8. The molecule has 1 aromatic rings. The molecular formula is C14H22N4. The zero-order valence-electron chi connectivity index (χ0n) is 11.3. The third-order valence-electron chi connectivity index (χ3n) is 4.08. The highest BCUT2D eigenvalue weighted by Gasteiger charge is 2.28. The number of hydrogen-bond donors (Lipinski definition) is 1. The van der Waals surface area contributed by atoms with E-state index in [9.17, 15) is 0 Å². The molecule has 2 aliphatic rings. The van der Waals surface area contributed by atoms with Crippen LogP contribution in [0.4, 0.5) is 11.6 Å². The van der Waals surface area contributed by atoms with Gasteiger partial charge in [0, 0.05) is 32.6 Å². The first-order valence-corrected chi connectivity index (χ1v) is 7.04. The molecule has 0 atom stereocenters. The molecule has 0 unspecified atom stereocenters. The van der Waals surface area contributed by atoms with Gasteiger partial charge in [-0.15, -0.1) is 0 Å². The maximum absolute atomic E-state index is 4.73. The quantitative estimate of drug-likeness (QED) is 0.867. The lowest BCUT2D eigenvalue weighted by molar-refractivity contribution is 0.321. The normalized spacial score (nSPS) is 19.4. The van der Waals surface area contributed by atoms with Crippen LogP contribution in [0.2, 0.25) is 0 Å². The molecule has 4 heteroatoms. The summed E-state index contributed by atoms with van der Waals surface area (Å²) in [7, 11) is 4.07. The Balaban J connectivity index is 1.77. The van der Waals surface area contributed by atoms with Crippen molar-refractivity contribution in [3.8, 4) is 0 Å². The number of anilines is 2. The molecule has 98 valence electrons. The Bertz CT molecular complexity index is 424. The maximum atomic E-state index is 4.73. The Morgan fingerprint density at radius 1 is 1.28 bits per heavy atom. The van der Waals surface area contributed by atoms with Crippen LogP contribution in [0.1, 0.15) is 43.8 Å². The summed E-state index contributed by atoms with van der Waals surface area (Å²) in [6.45, 7) is 1.13. The molecule has 0 amide bonds. The van der Waals surface area contributed by atoms with Gasteiger partial charge in [0.15, 0.2) is 0 Å². The van der Waals surface area contributed by atoms with Gasteiger partial charge in [-0.2, -0.15) is 0 Å². The molecule has 2 saturated carbocycles. The van der Waals surface area contributed by atoms with Crippen molar-refractivity contribution in [1.29, 1.82) is 0 Å². The Hall–Kier alpha value is -1.32. The second-order valence-electron chi connectivity index (χ2n) is 5.67. The van der Waals surface area contributed by atoms with E-state index in [4.69, 9.17) is 4.98 Å². The van der Waals surface area contributed by atoms with Crippen molar-refractivity contribution in [3.63, 3.8) is 0 Å². The molecule has 0 radical (unpaired) electrons. The summed E-state index contributed by atoms with van der Waals surface area (Å²) in [5.41, 5.74) is 0. The van der Waals surface area contributed by atoms with E-state index in [1.165, 1.54) is 32.1 Å². The Kier molecular flexibility index (Phi) is 3.10. The summed E-state index contributed by atoms with van der Waals surface area (Å²) in [6.07, 6.45) is 6.66. The summed E-state index contributed by atoms with van der Waals surface area (Å²) in [5, 5.41) is 3.15. The molecule has 18 heavy (non-hydrogen) atoms.